The molecule has 1 fully saturated rings. The molecule has 4 heterocycles. The third-order valence-electron chi connectivity index (χ3n) is 8.81. The maximum absolute atomic E-state index is 14.2. The Kier molecular flexibility index (Phi) is 7.85. The Labute approximate surface area is 264 Å². The third kappa shape index (κ3) is 5.95. The fraction of sp³-hybridized carbons (Fsp3) is 0.294. The number of aromatic carboxylic acids is 1. The van der Waals surface area contributed by atoms with Gasteiger partial charge in [-0.2, -0.15) is 0 Å². The number of rotatable bonds is 10. The van der Waals surface area contributed by atoms with Crippen molar-refractivity contribution < 1.29 is 19.0 Å². The molecule has 0 saturated carbocycles. The number of benzene rings is 2. The third-order valence-corrected chi connectivity index (χ3v) is 9.04. The molecule has 0 spiro atoms. The Morgan fingerprint density at radius 1 is 1.11 bits per heavy atom. The van der Waals surface area contributed by atoms with E-state index in [0.717, 1.165) is 54.3 Å². The summed E-state index contributed by atoms with van der Waals surface area (Å²) >= 11 is 5.86. The number of hydrogen-bond acceptors (Lipinski definition) is 6. The van der Waals surface area contributed by atoms with Gasteiger partial charge >= 0.3 is 5.97 Å². The normalized spacial score (nSPS) is 18.0. The SMILES string of the molecule is CCn1cncc1Cn1c(CN2CC3C=C(c4cccc(OCc5ccc(Cl)cc5F)n4)CC3C2)nc2ccc(C(=O)O)cc21. The number of hydrogen-bond donors (Lipinski definition) is 1. The second-order valence-electron chi connectivity index (χ2n) is 11.7. The number of carboxylic acid groups (broad SMARTS) is 1. The lowest BCUT2D eigenvalue weighted by atomic mass is 9.99. The topological polar surface area (TPSA) is 98.3 Å². The molecule has 7 rings (SSSR count). The molecule has 0 bridgehead atoms. The quantitative estimate of drug-likeness (QED) is 0.194. The van der Waals surface area contributed by atoms with Crippen LogP contribution in [0.1, 0.15) is 46.5 Å². The lowest BCUT2D eigenvalue weighted by Gasteiger charge is -2.18. The predicted octanol–water partition coefficient (Wildman–Crippen LogP) is 6.30. The van der Waals surface area contributed by atoms with Crippen LogP contribution in [0.3, 0.4) is 0 Å². The summed E-state index contributed by atoms with van der Waals surface area (Å²) in [5, 5.41) is 9.98. The minimum atomic E-state index is -0.957. The van der Waals surface area contributed by atoms with E-state index in [2.05, 4.69) is 32.0 Å². The average Bonchev–Trinajstić information content (AvgIpc) is 3.80. The van der Waals surface area contributed by atoms with Gasteiger partial charge in [0.2, 0.25) is 5.88 Å². The maximum Gasteiger partial charge on any atom is 0.335 e. The Balaban J connectivity index is 1.07. The summed E-state index contributed by atoms with van der Waals surface area (Å²) in [4.78, 5) is 28.2. The highest BCUT2D eigenvalue weighted by Gasteiger charge is 2.37. The first-order chi connectivity index (χ1) is 21.8. The molecule has 2 aliphatic rings. The molecule has 1 saturated heterocycles. The molecule has 5 aromatic rings. The van der Waals surface area contributed by atoms with Crippen LogP contribution in [-0.2, 0) is 26.2 Å². The second-order valence-corrected chi connectivity index (χ2v) is 12.1. The molecule has 45 heavy (non-hydrogen) atoms. The van der Waals surface area contributed by atoms with E-state index >= 15 is 0 Å². The molecule has 230 valence electrons. The van der Waals surface area contributed by atoms with Crippen molar-refractivity contribution in [2.45, 2.75) is 39.6 Å². The molecular formula is C34H32ClFN6O3. The second kappa shape index (κ2) is 12.1. The van der Waals surface area contributed by atoms with Crippen molar-refractivity contribution in [3.05, 3.63) is 112 Å². The number of likely N-dealkylation sites (tertiary alicyclic amines) is 1. The number of ether oxygens (including phenoxy) is 1. The Morgan fingerprint density at radius 3 is 2.80 bits per heavy atom. The van der Waals surface area contributed by atoms with Gasteiger partial charge in [-0.1, -0.05) is 29.8 Å². The summed E-state index contributed by atoms with van der Waals surface area (Å²) in [5.74, 6) is 0.865. The van der Waals surface area contributed by atoms with Crippen molar-refractivity contribution in [1.82, 2.24) is 29.0 Å². The molecule has 1 N–H and O–H groups in total. The fourth-order valence-electron chi connectivity index (χ4n) is 6.52. The van der Waals surface area contributed by atoms with Crippen LogP contribution in [-0.4, -0.2) is 53.2 Å². The number of carbonyl (C=O) groups is 1. The molecule has 3 aromatic heterocycles. The number of halogens is 2. The van der Waals surface area contributed by atoms with Crippen LogP contribution in [0.2, 0.25) is 5.02 Å². The number of nitrogens with zero attached hydrogens (tertiary/aromatic N) is 6. The van der Waals surface area contributed by atoms with Crippen LogP contribution in [0.25, 0.3) is 16.6 Å². The number of imidazole rings is 2. The van der Waals surface area contributed by atoms with E-state index in [0.29, 0.717) is 41.4 Å². The molecule has 2 aromatic carbocycles. The van der Waals surface area contributed by atoms with E-state index in [1.54, 1.807) is 36.4 Å². The first kappa shape index (κ1) is 29.2. The summed E-state index contributed by atoms with van der Waals surface area (Å²) in [5.41, 5.74) is 5.39. The van der Waals surface area contributed by atoms with E-state index in [-0.39, 0.29) is 12.2 Å². The van der Waals surface area contributed by atoms with E-state index in [1.165, 1.54) is 11.6 Å². The summed E-state index contributed by atoms with van der Waals surface area (Å²) in [6.07, 6.45) is 6.92. The van der Waals surface area contributed by atoms with Gasteiger partial charge in [0.15, 0.2) is 0 Å². The molecule has 1 aliphatic carbocycles. The zero-order valence-corrected chi connectivity index (χ0v) is 25.5. The van der Waals surface area contributed by atoms with E-state index in [4.69, 9.17) is 26.3 Å². The number of aryl methyl sites for hydroxylation is 1. The lowest BCUT2D eigenvalue weighted by molar-refractivity contribution is 0.0697. The smallest absolute Gasteiger partial charge is 0.335 e. The fourth-order valence-corrected chi connectivity index (χ4v) is 6.67. The molecule has 11 heteroatoms. The van der Waals surface area contributed by atoms with E-state index < -0.39 is 11.8 Å². The van der Waals surface area contributed by atoms with Crippen molar-refractivity contribution in [2.75, 3.05) is 13.1 Å². The highest BCUT2D eigenvalue weighted by Crippen LogP contribution is 2.41. The molecule has 9 nitrogen and oxygen atoms in total. The van der Waals surface area contributed by atoms with Crippen LogP contribution < -0.4 is 4.74 Å². The van der Waals surface area contributed by atoms with Crippen LogP contribution >= 0.6 is 11.6 Å². The van der Waals surface area contributed by atoms with Crippen LogP contribution in [0.5, 0.6) is 5.88 Å². The summed E-state index contributed by atoms with van der Waals surface area (Å²) in [6, 6.07) is 15.4. The van der Waals surface area contributed by atoms with Crippen LogP contribution in [0, 0.1) is 17.7 Å². The van der Waals surface area contributed by atoms with Crippen molar-refractivity contribution >= 4 is 34.2 Å². The average molecular weight is 627 g/mol. The highest BCUT2D eigenvalue weighted by atomic mass is 35.5. The Morgan fingerprint density at radius 2 is 2.00 bits per heavy atom. The molecule has 1 aliphatic heterocycles. The summed E-state index contributed by atoms with van der Waals surface area (Å²) in [7, 11) is 0. The van der Waals surface area contributed by atoms with Crippen molar-refractivity contribution in [3.8, 4) is 5.88 Å². The van der Waals surface area contributed by atoms with Gasteiger partial charge in [0.1, 0.15) is 18.2 Å². The number of aromatic nitrogens is 5. The minimum absolute atomic E-state index is 0.0713. The van der Waals surface area contributed by atoms with Crippen molar-refractivity contribution in [1.29, 1.82) is 0 Å². The van der Waals surface area contributed by atoms with Gasteiger partial charge in [0.25, 0.3) is 0 Å². The largest absolute Gasteiger partial charge is 0.478 e. The van der Waals surface area contributed by atoms with Crippen LogP contribution in [0.15, 0.2) is 73.2 Å². The van der Waals surface area contributed by atoms with Crippen LogP contribution in [0.4, 0.5) is 4.39 Å². The molecule has 0 amide bonds. The molecule has 2 unspecified atom stereocenters. The predicted molar refractivity (Wildman–Crippen MR) is 169 cm³/mol. The van der Waals surface area contributed by atoms with Gasteiger partial charge in [0, 0.05) is 42.5 Å². The van der Waals surface area contributed by atoms with Gasteiger partial charge in [-0.15, -0.1) is 0 Å². The zero-order valence-electron chi connectivity index (χ0n) is 24.7. The van der Waals surface area contributed by atoms with E-state index in [9.17, 15) is 14.3 Å². The van der Waals surface area contributed by atoms with Gasteiger partial charge in [-0.05, 0) is 67.2 Å². The van der Waals surface area contributed by atoms with Crippen molar-refractivity contribution in [2.24, 2.45) is 11.8 Å². The standard InChI is InChI=1S/C34H32ClFN6O3/c1-2-41-20-37-14-27(41)17-42-31-12-21(34(43)44)7-9-30(31)38-32(42)18-40-15-24-10-23(11-25(24)16-40)29-4-3-5-33(39-29)45-19-22-6-8-26(35)13-28(22)36/h3-10,12-14,20,24-25H,2,11,15-19H2,1H3,(H,43,44). The lowest BCUT2D eigenvalue weighted by Crippen LogP contribution is -2.23. The zero-order chi connectivity index (χ0) is 31.1. The summed E-state index contributed by atoms with van der Waals surface area (Å²) in [6.45, 7) is 5.99. The van der Waals surface area contributed by atoms with Gasteiger partial charge in [-0.25, -0.2) is 24.1 Å². The summed E-state index contributed by atoms with van der Waals surface area (Å²) < 4.78 is 24.2. The maximum atomic E-state index is 14.2. The monoisotopic (exact) mass is 626 g/mol. The first-order valence-electron chi connectivity index (χ1n) is 15.0. The molecule has 0 radical (unpaired) electrons. The molecule has 2 atom stereocenters. The van der Waals surface area contributed by atoms with Gasteiger partial charge in [0.05, 0.1) is 47.4 Å². The van der Waals surface area contributed by atoms with Crippen molar-refractivity contribution in [3.63, 3.8) is 0 Å². The van der Waals surface area contributed by atoms with Gasteiger partial charge in [-0.3, -0.25) is 4.90 Å². The number of pyridine rings is 1. The Hall–Kier alpha value is -4.54. The number of allylic oxidation sites excluding steroid dienone is 1. The minimum Gasteiger partial charge on any atom is -0.478 e. The molecular weight excluding hydrogens is 595 g/mol. The number of carboxylic acids is 1. The first-order valence-corrected chi connectivity index (χ1v) is 15.4. The highest BCUT2D eigenvalue weighted by molar-refractivity contribution is 6.30. The van der Waals surface area contributed by atoms with E-state index in [1.807, 2.05) is 24.7 Å². The number of fused-ring (bicyclic) bond motifs is 2. The Bertz CT molecular complexity index is 1930. The van der Waals surface area contributed by atoms with Gasteiger partial charge < -0.3 is 19.0 Å².